The normalized spacial score (nSPS) is 10.9. The number of aryl methyl sites for hydroxylation is 2. The van der Waals surface area contributed by atoms with E-state index >= 15 is 0 Å². The highest BCUT2D eigenvalue weighted by Gasteiger charge is 2.16. The van der Waals surface area contributed by atoms with Gasteiger partial charge in [-0.1, -0.05) is 26.0 Å². The van der Waals surface area contributed by atoms with E-state index in [0.29, 0.717) is 28.7 Å². The lowest BCUT2D eigenvalue weighted by Crippen LogP contribution is -2.19. The number of rotatable bonds is 6. The Hall–Kier alpha value is -2.93. The van der Waals surface area contributed by atoms with E-state index in [9.17, 15) is 9.59 Å². The summed E-state index contributed by atoms with van der Waals surface area (Å²) < 4.78 is 5.69. The molecule has 0 atom stereocenters. The minimum atomic E-state index is -0.190. The number of nitrogens with zero attached hydrogens (tertiary/aromatic N) is 1. The van der Waals surface area contributed by atoms with Gasteiger partial charge in [-0.2, -0.15) is 0 Å². The zero-order valence-electron chi connectivity index (χ0n) is 16.3. The van der Waals surface area contributed by atoms with E-state index in [2.05, 4.69) is 15.6 Å². The van der Waals surface area contributed by atoms with E-state index in [1.54, 1.807) is 13.0 Å². The number of aromatic nitrogens is 1. The third kappa shape index (κ3) is 4.67. The largest absolute Gasteiger partial charge is 0.440 e. The van der Waals surface area contributed by atoms with Crippen LogP contribution in [0.1, 0.15) is 30.9 Å². The van der Waals surface area contributed by atoms with Gasteiger partial charge in [0.1, 0.15) is 5.76 Å². The van der Waals surface area contributed by atoms with Crippen LogP contribution < -0.4 is 10.6 Å². The molecule has 2 N–H and O–H groups in total. The predicted molar refractivity (Wildman–Crippen MR) is 112 cm³/mol. The first kappa shape index (κ1) is 19.8. The lowest BCUT2D eigenvalue weighted by atomic mass is 10.1. The molecule has 0 spiro atoms. The molecule has 2 amide bonds. The number of carbonyl (C=O) groups is 2. The molecular weight excluding hydrogens is 374 g/mol. The maximum atomic E-state index is 12.5. The number of carbonyl (C=O) groups excluding carboxylic acids is 2. The van der Waals surface area contributed by atoms with Crippen molar-refractivity contribution in [1.29, 1.82) is 0 Å². The molecule has 2 aromatic heterocycles. The van der Waals surface area contributed by atoms with Crippen molar-refractivity contribution in [3.8, 4) is 10.8 Å². The van der Waals surface area contributed by atoms with Crippen LogP contribution in [0.15, 0.2) is 40.1 Å². The van der Waals surface area contributed by atoms with Gasteiger partial charge < -0.3 is 15.1 Å². The summed E-state index contributed by atoms with van der Waals surface area (Å²) in [5, 5.41) is 7.70. The Morgan fingerprint density at radius 2 is 1.96 bits per heavy atom. The van der Waals surface area contributed by atoms with Crippen molar-refractivity contribution in [1.82, 2.24) is 4.98 Å². The summed E-state index contributed by atoms with van der Waals surface area (Å²) in [5.74, 6) is 0.787. The number of oxazole rings is 1. The van der Waals surface area contributed by atoms with Crippen molar-refractivity contribution in [2.45, 2.75) is 34.1 Å². The Morgan fingerprint density at radius 1 is 1.18 bits per heavy atom. The predicted octanol–water partition coefficient (Wildman–Crippen LogP) is 4.80. The van der Waals surface area contributed by atoms with Crippen molar-refractivity contribution in [2.24, 2.45) is 5.92 Å². The summed E-state index contributed by atoms with van der Waals surface area (Å²) >= 11 is 1.54. The standard InChI is InChI=1S/C21H23N3O3S/c1-12(2)20(26)22-15-8-7-13(3)16(10-15)23-19(25)11-17-14(4)27-21(24-17)18-6-5-9-28-18/h5-10,12H,11H2,1-4H3,(H,22,26)(H,23,25). The second-order valence-electron chi connectivity index (χ2n) is 6.90. The minimum Gasteiger partial charge on any atom is -0.440 e. The molecule has 0 aliphatic heterocycles. The average molecular weight is 398 g/mol. The van der Waals surface area contributed by atoms with Gasteiger partial charge in [-0.05, 0) is 43.0 Å². The van der Waals surface area contributed by atoms with Gasteiger partial charge in [-0.15, -0.1) is 11.3 Å². The zero-order chi connectivity index (χ0) is 20.3. The average Bonchev–Trinajstić information content (AvgIpc) is 3.28. The van der Waals surface area contributed by atoms with Crippen LogP contribution in [0.5, 0.6) is 0 Å². The van der Waals surface area contributed by atoms with Gasteiger partial charge in [0, 0.05) is 17.3 Å². The van der Waals surface area contributed by atoms with Crippen LogP contribution in [0.2, 0.25) is 0 Å². The summed E-state index contributed by atoms with van der Waals surface area (Å²) in [5.41, 5.74) is 2.83. The monoisotopic (exact) mass is 397 g/mol. The lowest BCUT2D eigenvalue weighted by molar-refractivity contribution is -0.119. The van der Waals surface area contributed by atoms with Crippen LogP contribution >= 0.6 is 11.3 Å². The van der Waals surface area contributed by atoms with E-state index < -0.39 is 0 Å². The van der Waals surface area contributed by atoms with Crippen LogP contribution in [-0.4, -0.2) is 16.8 Å². The quantitative estimate of drug-likeness (QED) is 0.626. The van der Waals surface area contributed by atoms with Crippen molar-refractivity contribution >= 4 is 34.5 Å². The molecule has 0 unspecified atom stereocenters. The van der Waals surface area contributed by atoms with E-state index in [1.165, 1.54) is 11.3 Å². The number of hydrogen-bond donors (Lipinski definition) is 2. The van der Waals surface area contributed by atoms with E-state index in [1.807, 2.05) is 50.4 Å². The molecule has 6 nitrogen and oxygen atoms in total. The number of nitrogens with one attached hydrogen (secondary N) is 2. The molecule has 0 aliphatic rings. The maximum Gasteiger partial charge on any atom is 0.236 e. The molecule has 3 aromatic rings. The van der Waals surface area contributed by atoms with Gasteiger partial charge in [0.25, 0.3) is 0 Å². The van der Waals surface area contributed by atoms with E-state index in [-0.39, 0.29) is 24.2 Å². The molecule has 28 heavy (non-hydrogen) atoms. The number of anilines is 2. The second kappa shape index (κ2) is 8.39. The highest BCUT2D eigenvalue weighted by molar-refractivity contribution is 7.13. The first-order valence-electron chi connectivity index (χ1n) is 9.05. The lowest BCUT2D eigenvalue weighted by Gasteiger charge is -2.12. The van der Waals surface area contributed by atoms with Gasteiger partial charge in [-0.25, -0.2) is 4.98 Å². The van der Waals surface area contributed by atoms with Gasteiger partial charge in [0.2, 0.25) is 17.7 Å². The Morgan fingerprint density at radius 3 is 2.64 bits per heavy atom. The Kier molecular flexibility index (Phi) is 5.94. The Balaban J connectivity index is 1.70. The van der Waals surface area contributed by atoms with Gasteiger partial charge in [-0.3, -0.25) is 9.59 Å². The topological polar surface area (TPSA) is 84.2 Å². The third-order valence-electron chi connectivity index (χ3n) is 4.26. The van der Waals surface area contributed by atoms with Gasteiger partial charge in [0.15, 0.2) is 0 Å². The molecule has 0 aliphatic carbocycles. The van der Waals surface area contributed by atoms with Crippen molar-refractivity contribution in [3.05, 3.63) is 52.7 Å². The number of benzene rings is 1. The van der Waals surface area contributed by atoms with Crippen molar-refractivity contribution in [3.63, 3.8) is 0 Å². The van der Waals surface area contributed by atoms with Crippen molar-refractivity contribution < 1.29 is 14.0 Å². The fourth-order valence-corrected chi connectivity index (χ4v) is 3.21. The van der Waals surface area contributed by atoms with Gasteiger partial charge >= 0.3 is 0 Å². The highest BCUT2D eigenvalue weighted by atomic mass is 32.1. The third-order valence-corrected chi connectivity index (χ3v) is 5.11. The second-order valence-corrected chi connectivity index (χ2v) is 7.85. The molecular formula is C21H23N3O3S. The summed E-state index contributed by atoms with van der Waals surface area (Å²) in [6, 6.07) is 9.31. The first-order chi connectivity index (χ1) is 13.3. The Bertz CT molecular complexity index is 991. The van der Waals surface area contributed by atoms with Crippen LogP contribution in [0, 0.1) is 19.8 Å². The van der Waals surface area contributed by atoms with Crippen molar-refractivity contribution in [2.75, 3.05) is 10.6 Å². The molecule has 0 bridgehead atoms. The SMILES string of the molecule is Cc1ccc(NC(=O)C(C)C)cc1NC(=O)Cc1nc(-c2cccs2)oc1C. The number of amides is 2. The highest BCUT2D eigenvalue weighted by Crippen LogP contribution is 2.26. The van der Waals surface area contributed by atoms with Gasteiger partial charge in [0.05, 0.1) is 17.0 Å². The van der Waals surface area contributed by atoms with E-state index in [0.717, 1.165) is 10.4 Å². The Labute approximate surface area is 168 Å². The molecule has 3 rings (SSSR count). The maximum absolute atomic E-state index is 12.5. The summed E-state index contributed by atoms with van der Waals surface area (Å²) in [6.07, 6.45) is 0.114. The summed E-state index contributed by atoms with van der Waals surface area (Å²) in [6.45, 7) is 7.37. The fraction of sp³-hybridized carbons (Fsp3) is 0.286. The molecule has 2 heterocycles. The molecule has 0 fully saturated rings. The number of hydrogen-bond acceptors (Lipinski definition) is 5. The number of thiophene rings is 1. The summed E-state index contributed by atoms with van der Waals surface area (Å²) in [4.78, 5) is 29.8. The van der Waals surface area contributed by atoms with E-state index in [4.69, 9.17) is 4.42 Å². The first-order valence-corrected chi connectivity index (χ1v) is 9.93. The molecule has 0 saturated heterocycles. The molecule has 146 valence electrons. The zero-order valence-corrected chi connectivity index (χ0v) is 17.1. The van der Waals surface area contributed by atoms with Crippen LogP contribution in [0.25, 0.3) is 10.8 Å². The van der Waals surface area contributed by atoms with Crippen LogP contribution in [0.3, 0.4) is 0 Å². The van der Waals surface area contributed by atoms with Crippen LogP contribution in [-0.2, 0) is 16.0 Å². The summed E-state index contributed by atoms with van der Waals surface area (Å²) in [7, 11) is 0. The molecule has 0 radical (unpaired) electrons. The fourth-order valence-electron chi connectivity index (χ4n) is 2.57. The molecule has 7 heteroatoms. The minimum absolute atomic E-state index is 0.0690. The molecule has 0 saturated carbocycles. The molecule has 1 aromatic carbocycles. The van der Waals surface area contributed by atoms with Crippen LogP contribution in [0.4, 0.5) is 11.4 Å². The smallest absolute Gasteiger partial charge is 0.236 e.